The first kappa shape index (κ1) is 34.6. The molecule has 0 aromatic carbocycles. The van der Waals surface area contributed by atoms with Crippen LogP contribution < -0.4 is 42.5 Å². The molecule has 5 aliphatic heterocycles. The van der Waals surface area contributed by atoms with Crippen LogP contribution in [0.15, 0.2) is 0 Å². The Labute approximate surface area is 288 Å². The van der Waals surface area contributed by atoms with E-state index in [1.54, 1.807) is 0 Å². The van der Waals surface area contributed by atoms with E-state index in [9.17, 15) is 0 Å². The number of rotatable bonds is 0. The van der Waals surface area contributed by atoms with E-state index in [0.29, 0.717) is 49.3 Å². The molecular weight excluding hydrogens is 658 g/mol. The smallest absolute Gasteiger partial charge is 0.759 e. The predicted octanol–water partition coefficient (Wildman–Crippen LogP) is 1.27. The van der Waals surface area contributed by atoms with Gasteiger partial charge >= 0.3 is 19.5 Å². The van der Waals surface area contributed by atoms with Gasteiger partial charge in [-0.1, -0.05) is 51.4 Å². The fourth-order valence-corrected chi connectivity index (χ4v) is 12.0. The van der Waals surface area contributed by atoms with E-state index in [0.717, 1.165) is 47.3 Å². The molecule has 0 aromatic rings. The summed E-state index contributed by atoms with van der Waals surface area (Å²) in [5.41, 5.74) is 0. The van der Waals surface area contributed by atoms with Gasteiger partial charge in [0.1, 0.15) is 0 Å². The zero-order chi connectivity index (χ0) is 30.7. The van der Waals surface area contributed by atoms with Crippen LogP contribution in [0.5, 0.6) is 0 Å². The Bertz CT molecular complexity index is 941. The van der Waals surface area contributed by atoms with Crippen LogP contribution >= 0.6 is 0 Å². The molecule has 4 aliphatic carbocycles. The largest absolute Gasteiger partial charge is 2.00 e. The summed E-state index contributed by atoms with van der Waals surface area (Å²) in [5, 5.41) is 33.8. The predicted molar refractivity (Wildman–Crippen MR) is 168 cm³/mol. The van der Waals surface area contributed by atoms with E-state index in [2.05, 4.69) is 42.5 Å². The molecule has 4 saturated carbocycles. The topological polar surface area (TPSA) is 176 Å². The van der Waals surface area contributed by atoms with E-state index in [1.165, 1.54) is 103 Å². The third-order valence-corrected chi connectivity index (χ3v) is 13.8. The Balaban J connectivity index is 0.000000526. The van der Waals surface area contributed by atoms with Gasteiger partial charge in [0.25, 0.3) is 0 Å². The van der Waals surface area contributed by atoms with Crippen molar-refractivity contribution in [1.29, 1.82) is 0 Å². The van der Waals surface area contributed by atoms with Gasteiger partial charge in [-0.05, 0) is 98.7 Å². The second-order valence-corrected chi connectivity index (χ2v) is 16.8. The molecule has 8 atom stereocenters. The molecular formula is C32H56N8O4SZn. The van der Waals surface area contributed by atoms with Crippen LogP contribution in [0.4, 0.5) is 0 Å². The second-order valence-electron chi connectivity index (χ2n) is 16.0. The van der Waals surface area contributed by atoms with Crippen molar-refractivity contribution in [1.82, 2.24) is 42.5 Å². The van der Waals surface area contributed by atoms with E-state index in [-0.39, 0.29) is 19.5 Å². The minimum absolute atomic E-state index is 0. The van der Waals surface area contributed by atoms with Crippen LogP contribution in [0.1, 0.15) is 103 Å². The maximum absolute atomic E-state index is 8.52. The summed E-state index contributed by atoms with van der Waals surface area (Å²) < 4.78 is 34.1. The molecule has 256 valence electrons. The Hall–Kier alpha value is 0.173. The van der Waals surface area contributed by atoms with Crippen LogP contribution in [-0.2, 0) is 29.9 Å². The third kappa shape index (κ3) is 7.04. The van der Waals surface area contributed by atoms with Gasteiger partial charge in [0, 0.05) is 10.4 Å². The first-order valence-corrected chi connectivity index (χ1v) is 19.9. The summed E-state index contributed by atoms with van der Waals surface area (Å²) in [7, 11) is -5.17. The summed E-state index contributed by atoms with van der Waals surface area (Å²) in [6, 6.07) is 0. The molecule has 9 fully saturated rings. The molecule has 9 aliphatic rings. The second kappa shape index (κ2) is 14.4. The van der Waals surface area contributed by atoms with Gasteiger partial charge in [0.05, 0.1) is 49.3 Å². The average molecular weight is 714 g/mol. The molecule has 0 radical (unpaired) electrons. The summed E-state index contributed by atoms with van der Waals surface area (Å²) in [5.74, 6) is 5.97. The van der Waals surface area contributed by atoms with Crippen molar-refractivity contribution in [2.75, 3.05) is 0 Å². The summed E-state index contributed by atoms with van der Waals surface area (Å²) >= 11 is 0. The molecule has 0 spiro atoms. The zero-order valence-corrected chi connectivity index (χ0v) is 31.1. The Morgan fingerprint density at radius 1 is 0.326 bits per heavy atom. The van der Waals surface area contributed by atoms with Gasteiger partial charge < -0.3 is 9.11 Å². The molecule has 46 heavy (non-hydrogen) atoms. The van der Waals surface area contributed by atoms with Gasteiger partial charge in [-0.15, -0.1) is 0 Å². The summed E-state index contributed by atoms with van der Waals surface area (Å²) in [6.45, 7) is 0. The van der Waals surface area contributed by atoms with Crippen LogP contribution in [0.25, 0.3) is 0 Å². The fourth-order valence-electron chi connectivity index (χ4n) is 12.0. The molecule has 8 bridgehead atoms. The summed E-state index contributed by atoms with van der Waals surface area (Å²) in [6.07, 6.45) is 25.6. The number of hydrogen-bond donors (Lipinski definition) is 8. The van der Waals surface area contributed by atoms with Crippen LogP contribution in [0.2, 0.25) is 0 Å². The van der Waals surface area contributed by atoms with Crippen molar-refractivity contribution < 1.29 is 37.0 Å². The Kier molecular flexibility index (Phi) is 10.9. The normalized spacial score (nSPS) is 51.3. The van der Waals surface area contributed by atoms with Gasteiger partial charge in [0.15, 0.2) is 0 Å². The minimum atomic E-state index is -5.17. The standard InChI is InChI=1S/C32H56N8.H2O4S.Zn/c1-2-10-18-17(9-1)25-33-26(18)38-28-21-13-5-6-14-22(21)30(35-28)40-32-24-16-8-7-15-23(24)31(36-32)39-29-20-12-4-3-11-19(20)27(34-29)37-25;1-5(2,3)4;/h17-40H,1-16H2;(H2,1,2,3,4);/q;;+2/p-2. The molecule has 5 heterocycles. The van der Waals surface area contributed by atoms with Crippen molar-refractivity contribution in [2.45, 2.75) is 152 Å². The van der Waals surface area contributed by atoms with Gasteiger partial charge in [-0.25, -0.2) is 0 Å². The van der Waals surface area contributed by atoms with Crippen molar-refractivity contribution in [3.8, 4) is 0 Å². The van der Waals surface area contributed by atoms with Gasteiger partial charge in [0.2, 0.25) is 0 Å². The quantitative estimate of drug-likeness (QED) is 0.103. The van der Waals surface area contributed by atoms with Crippen LogP contribution in [0, 0.1) is 47.3 Å². The van der Waals surface area contributed by atoms with Gasteiger partial charge in [-0.2, -0.15) is 0 Å². The molecule has 14 heteroatoms. The average Bonchev–Trinajstić information content (AvgIpc) is 3.76. The monoisotopic (exact) mass is 712 g/mol. The molecule has 5 saturated heterocycles. The van der Waals surface area contributed by atoms with Crippen molar-refractivity contribution in [3.05, 3.63) is 0 Å². The number of nitrogens with one attached hydrogen (secondary N) is 8. The van der Waals surface area contributed by atoms with E-state index in [4.69, 9.17) is 17.5 Å². The SMILES string of the molecule is C1CCC2C3NC(NC4NC(NC5NC(NC6NC(N3)C3CCCCC63)C3CCCCC53)C3CCCCC43)C2C1.O=S(=O)([O-])[O-].[Zn+2]. The van der Waals surface area contributed by atoms with Crippen LogP contribution in [0.3, 0.4) is 0 Å². The van der Waals surface area contributed by atoms with Gasteiger partial charge in [-0.3, -0.25) is 51.0 Å². The number of hydrogen-bond acceptors (Lipinski definition) is 12. The van der Waals surface area contributed by atoms with Crippen molar-refractivity contribution in [2.24, 2.45) is 47.3 Å². The molecule has 8 unspecified atom stereocenters. The van der Waals surface area contributed by atoms with Crippen LogP contribution in [-0.4, -0.2) is 66.8 Å². The molecule has 0 aromatic heterocycles. The molecule has 0 amide bonds. The summed E-state index contributed by atoms with van der Waals surface area (Å²) in [4.78, 5) is 0. The Morgan fingerprint density at radius 2 is 0.435 bits per heavy atom. The van der Waals surface area contributed by atoms with E-state index in [1.807, 2.05) is 0 Å². The van der Waals surface area contributed by atoms with Crippen molar-refractivity contribution >= 4 is 10.4 Å². The molecule has 9 rings (SSSR count). The zero-order valence-electron chi connectivity index (χ0n) is 27.3. The first-order chi connectivity index (χ1) is 21.8. The number of fused-ring (bicyclic) bond motifs is 20. The van der Waals surface area contributed by atoms with Crippen molar-refractivity contribution in [3.63, 3.8) is 0 Å². The first-order valence-electron chi connectivity index (χ1n) is 18.6. The fraction of sp³-hybridized carbons (Fsp3) is 1.00. The third-order valence-electron chi connectivity index (χ3n) is 13.8. The van der Waals surface area contributed by atoms with E-state index >= 15 is 0 Å². The minimum Gasteiger partial charge on any atom is -0.759 e. The molecule has 8 N–H and O–H groups in total. The maximum atomic E-state index is 8.52. The Morgan fingerprint density at radius 3 is 0.543 bits per heavy atom. The molecule has 12 nitrogen and oxygen atoms in total. The maximum Gasteiger partial charge on any atom is 2.00 e. The van der Waals surface area contributed by atoms with E-state index < -0.39 is 10.4 Å².